The van der Waals surface area contributed by atoms with Gasteiger partial charge in [0.15, 0.2) is 0 Å². The summed E-state index contributed by atoms with van der Waals surface area (Å²) in [4.78, 5) is 0. The maximum atomic E-state index is 5.86. The molecule has 2 nitrogen and oxygen atoms in total. The van der Waals surface area contributed by atoms with Crippen molar-refractivity contribution >= 4 is 6.08 Å². The van der Waals surface area contributed by atoms with E-state index < -0.39 is 0 Å². The number of ether oxygens (including phenoxy) is 2. The van der Waals surface area contributed by atoms with E-state index in [1.165, 1.54) is 19.3 Å². The van der Waals surface area contributed by atoms with E-state index in [-0.39, 0.29) is 5.60 Å². The number of benzene rings is 1. The molecule has 1 heterocycles. The third kappa shape index (κ3) is 4.61. The zero-order valence-corrected chi connectivity index (χ0v) is 14.3. The van der Waals surface area contributed by atoms with Crippen molar-refractivity contribution in [2.75, 3.05) is 6.61 Å². The molecule has 0 bridgehead atoms. The molecule has 0 N–H and O–H groups in total. The van der Waals surface area contributed by atoms with E-state index in [2.05, 4.69) is 27.4 Å². The maximum Gasteiger partial charge on any atom is 0.119 e. The highest BCUT2D eigenvalue weighted by Crippen LogP contribution is 2.42. The minimum atomic E-state index is 0.168. The first kappa shape index (κ1) is 17.1. The lowest BCUT2D eigenvalue weighted by atomic mass is 9.93. The number of rotatable bonds is 10. The molecule has 3 unspecified atom stereocenters. The molecule has 22 heavy (non-hydrogen) atoms. The van der Waals surface area contributed by atoms with Gasteiger partial charge in [0, 0.05) is 0 Å². The Hall–Kier alpha value is -1.28. The van der Waals surface area contributed by atoms with Crippen LogP contribution in [0.15, 0.2) is 30.8 Å². The van der Waals surface area contributed by atoms with Gasteiger partial charge in [-0.2, -0.15) is 0 Å². The summed E-state index contributed by atoms with van der Waals surface area (Å²) >= 11 is 0. The standard InChI is InChI=1S/C20H30O2/c1-5-16-8-11-18(12-9-16)21-15-14-17(6-2)10-13-19-20(4,7-3)22-19/h5,8-9,11-12,17,19H,1,6-7,10,13-15H2,2-4H3. The molecule has 1 aromatic carbocycles. The van der Waals surface area contributed by atoms with Crippen LogP contribution in [-0.4, -0.2) is 18.3 Å². The Kier molecular flexibility index (Phi) is 6.07. The molecular formula is C20H30O2. The second kappa shape index (κ2) is 7.82. The summed E-state index contributed by atoms with van der Waals surface area (Å²) in [5.74, 6) is 1.68. The minimum Gasteiger partial charge on any atom is -0.494 e. The van der Waals surface area contributed by atoms with Crippen LogP contribution in [0, 0.1) is 5.92 Å². The second-order valence-electron chi connectivity index (χ2n) is 6.53. The van der Waals surface area contributed by atoms with Crippen molar-refractivity contribution in [3.05, 3.63) is 36.4 Å². The topological polar surface area (TPSA) is 21.8 Å². The van der Waals surface area contributed by atoms with E-state index in [9.17, 15) is 0 Å². The average Bonchev–Trinajstić information content (AvgIpc) is 3.22. The zero-order valence-electron chi connectivity index (χ0n) is 14.3. The fourth-order valence-corrected chi connectivity index (χ4v) is 2.95. The van der Waals surface area contributed by atoms with Crippen LogP contribution in [0.4, 0.5) is 0 Å². The number of hydrogen-bond acceptors (Lipinski definition) is 2. The summed E-state index contributed by atoms with van der Waals surface area (Å²) < 4.78 is 11.7. The van der Waals surface area contributed by atoms with Crippen LogP contribution >= 0.6 is 0 Å². The van der Waals surface area contributed by atoms with E-state index in [4.69, 9.17) is 9.47 Å². The minimum absolute atomic E-state index is 0.168. The maximum absolute atomic E-state index is 5.86. The highest BCUT2D eigenvalue weighted by atomic mass is 16.6. The van der Waals surface area contributed by atoms with Gasteiger partial charge in [-0.15, -0.1) is 0 Å². The molecular weight excluding hydrogens is 272 g/mol. The Balaban J connectivity index is 1.66. The average molecular weight is 302 g/mol. The summed E-state index contributed by atoms with van der Waals surface area (Å²) in [5.41, 5.74) is 1.30. The molecule has 0 saturated carbocycles. The number of hydrogen-bond donors (Lipinski definition) is 0. The highest BCUT2D eigenvalue weighted by molar-refractivity contribution is 5.48. The SMILES string of the molecule is C=Cc1ccc(OCCC(CC)CCC2OC2(C)CC)cc1. The molecule has 0 radical (unpaired) electrons. The van der Waals surface area contributed by atoms with Crippen LogP contribution in [-0.2, 0) is 4.74 Å². The van der Waals surface area contributed by atoms with Gasteiger partial charge in [-0.1, -0.05) is 45.1 Å². The van der Waals surface area contributed by atoms with Crippen molar-refractivity contribution in [2.24, 2.45) is 5.92 Å². The molecule has 122 valence electrons. The molecule has 2 heteroatoms. The molecule has 3 atom stereocenters. The molecule has 1 fully saturated rings. The first-order chi connectivity index (χ1) is 10.6. The van der Waals surface area contributed by atoms with Gasteiger partial charge in [0.2, 0.25) is 0 Å². The lowest BCUT2D eigenvalue weighted by Crippen LogP contribution is -2.11. The van der Waals surface area contributed by atoms with E-state index >= 15 is 0 Å². The van der Waals surface area contributed by atoms with Gasteiger partial charge >= 0.3 is 0 Å². The second-order valence-corrected chi connectivity index (χ2v) is 6.53. The summed E-state index contributed by atoms with van der Waals surface area (Å²) in [5, 5.41) is 0. The van der Waals surface area contributed by atoms with Crippen molar-refractivity contribution in [1.29, 1.82) is 0 Å². The fourth-order valence-electron chi connectivity index (χ4n) is 2.95. The lowest BCUT2D eigenvalue weighted by Gasteiger charge is -2.15. The van der Waals surface area contributed by atoms with Gasteiger partial charge in [-0.3, -0.25) is 0 Å². The Morgan fingerprint density at radius 1 is 1.27 bits per heavy atom. The van der Waals surface area contributed by atoms with Gasteiger partial charge in [0.1, 0.15) is 5.75 Å². The third-order valence-electron chi connectivity index (χ3n) is 5.06. The van der Waals surface area contributed by atoms with Crippen molar-refractivity contribution < 1.29 is 9.47 Å². The summed E-state index contributed by atoms with van der Waals surface area (Å²) in [6.45, 7) is 11.3. The van der Waals surface area contributed by atoms with Crippen LogP contribution in [0.3, 0.4) is 0 Å². The van der Waals surface area contributed by atoms with Gasteiger partial charge in [-0.25, -0.2) is 0 Å². The molecule has 0 aliphatic carbocycles. The smallest absolute Gasteiger partial charge is 0.119 e. The normalized spacial score (nSPS) is 24.8. The first-order valence-electron chi connectivity index (χ1n) is 8.64. The molecule has 1 aliphatic rings. The van der Waals surface area contributed by atoms with Crippen LogP contribution in [0.5, 0.6) is 5.75 Å². The monoisotopic (exact) mass is 302 g/mol. The van der Waals surface area contributed by atoms with E-state index in [0.29, 0.717) is 6.10 Å². The Bertz CT molecular complexity index is 465. The van der Waals surface area contributed by atoms with E-state index in [1.807, 2.05) is 30.3 Å². The van der Waals surface area contributed by atoms with E-state index in [1.54, 1.807) is 0 Å². The summed E-state index contributed by atoms with van der Waals surface area (Å²) in [6.07, 6.45) is 8.23. The Morgan fingerprint density at radius 2 is 2.00 bits per heavy atom. The van der Waals surface area contributed by atoms with Crippen molar-refractivity contribution in [1.82, 2.24) is 0 Å². The molecule has 0 amide bonds. The van der Waals surface area contributed by atoms with E-state index in [0.717, 1.165) is 36.7 Å². The van der Waals surface area contributed by atoms with Crippen LogP contribution in [0.25, 0.3) is 6.08 Å². The number of epoxide rings is 1. The highest BCUT2D eigenvalue weighted by Gasteiger charge is 2.49. The molecule has 2 rings (SSSR count). The van der Waals surface area contributed by atoms with Crippen molar-refractivity contribution in [3.63, 3.8) is 0 Å². The van der Waals surface area contributed by atoms with Crippen molar-refractivity contribution in [3.8, 4) is 5.75 Å². The Morgan fingerprint density at radius 3 is 2.55 bits per heavy atom. The predicted molar refractivity (Wildman–Crippen MR) is 93.2 cm³/mol. The van der Waals surface area contributed by atoms with Crippen LogP contribution in [0.1, 0.15) is 58.4 Å². The molecule has 1 saturated heterocycles. The molecule has 0 aromatic heterocycles. The largest absolute Gasteiger partial charge is 0.494 e. The Labute approximate surface area is 135 Å². The predicted octanol–water partition coefficient (Wildman–Crippen LogP) is 5.47. The van der Waals surface area contributed by atoms with Gasteiger partial charge in [0.05, 0.1) is 18.3 Å². The van der Waals surface area contributed by atoms with Gasteiger partial charge < -0.3 is 9.47 Å². The van der Waals surface area contributed by atoms with Crippen molar-refractivity contribution in [2.45, 2.75) is 64.6 Å². The van der Waals surface area contributed by atoms with Gasteiger partial charge in [0.25, 0.3) is 0 Å². The molecule has 1 aromatic rings. The van der Waals surface area contributed by atoms with Crippen LogP contribution < -0.4 is 4.74 Å². The first-order valence-corrected chi connectivity index (χ1v) is 8.64. The molecule has 0 spiro atoms. The van der Waals surface area contributed by atoms with Gasteiger partial charge in [-0.05, 0) is 56.2 Å². The lowest BCUT2D eigenvalue weighted by molar-refractivity contribution is 0.259. The zero-order chi connectivity index (χ0) is 16.0. The molecule has 1 aliphatic heterocycles. The fraction of sp³-hybridized carbons (Fsp3) is 0.600. The quantitative estimate of drug-likeness (QED) is 0.534. The van der Waals surface area contributed by atoms with Crippen LogP contribution in [0.2, 0.25) is 0 Å². The summed E-state index contributed by atoms with van der Waals surface area (Å²) in [6, 6.07) is 8.11. The third-order valence-corrected chi connectivity index (χ3v) is 5.06. The summed E-state index contributed by atoms with van der Waals surface area (Å²) in [7, 11) is 0.